The Bertz CT molecular complexity index is 629. The highest BCUT2D eigenvalue weighted by Crippen LogP contribution is 2.61. The summed E-state index contributed by atoms with van der Waals surface area (Å²) in [6, 6.07) is 0. The average Bonchev–Trinajstić information content (AvgIpc) is 3.05. The van der Waals surface area contributed by atoms with Gasteiger partial charge in [-0.05, 0) is 42.4 Å². The third kappa shape index (κ3) is 4.16. The lowest BCUT2D eigenvalue weighted by Gasteiger charge is -2.60. The van der Waals surface area contributed by atoms with Crippen LogP contribution in [-0.2, 0) is 18.9 Å². The molecule has 0 amide bonds. The summed E-state index contributed by atoms with van der Waals surface area (Å²) in [6.45, 7) is 3.68. The van der Waals surface area contributed by atoms with E-state index < -0.39 is 55.3 Å². The van der Waals surface area contributed by atoms with Gasteiger partial charge in [0.15, 0.2) is 12.6 Å². The van der Waals surface area contributed by atoms with E-state index in [-0.39, 0.29) is 13.2 Å². The van der Waals surface area contributed by atoms with Gasteiger partial charge in [0, 0.05) is 0 Å². The maximum absolute atomic E-state index is 10.3. The first-order valence-corrected chi connectivity index (χ1v) is 11.1. The van der Waals surface area contributed by atoms with E-state index >= 15 is 0 Å². The van der Waals surface area contributed by atoms with Crippen molar-refractivity contribution in [1.29, 1.82) is 0 Å². The molecule has 0 unspecified atom stereocenters. The summed E-state index contributed by atoms with van der Waals surface area (Å²) < 4.78 is 22.1. The van der Waals surface area contributed by atoms with Gasteiger partial charge < -0.3 is 49.6 Å². The Morgan fingerprint density at radius 3 is 2.26 bits per heavy atom. The SMILES string of the molecule is CC1(C)[C@@H]2CC[C@H](CO[C@@H]3O[C@H](CO[C@@H]4OC[C@](O)(CO)[C@H]4O)[C@@H](O)[C@H](O)[C@H]3O)[C@@H]1C2. The molecule has 0 aromatic carbocycles. The Morgan fingerprint density at radius 2 is 1.65 bits per heavy atom. The molecule has 10 heteroatoms. The van der Waals surface area contributed by atoms with Crippen LogP contribution in [0.1, 0.15) is 33.1 Å². The van der Waals surface area contributed by atoms with Crippen LogP contribution in [0.25, 0.3) is 0 Å². The minimum Gasteiger partial charge on any atom is -0.393 e. The minimum absolute atomic E-state index is 0.283. The van der Waals surface area contributed by atoms with Gasteiger partial charge in [-0.15, -0.1) is 0 Å². The number of hydrogen-bond acceptors (Lipinski definition) is 10. The molecule has 5 fully saturated rings. The van der Waals surface area contributed by atoms with Crippen LogP contribution < -0.4 is 0 Å². The Labute approximate surface area is 181 Å². The topological polar surface area (TPSA) is 158 Å². The molecule has 180 valence electrons. The zero-order chi connectivity index (χ0) is 22.6. The fourth-order valence-electron chi connectivity index (χ4n) is 5.70. The normalized spacial score (nSPS) is 51.5. The van der Waals surface area contributed by atoms with E-state index in [1.165, 1.54) is 6.42 Å². The van der Waals surface area contributed by atoms with Crippen LogP contribution in [-0.4, -0.2) is 106 Å². The fraction of sp³-hybridized carbons (Fsp3) is 1.00. The molecule has 0 spiro atoms. The zero-order valence-electron chi connectivity index (χ0n) is 18.0. The molecule has 5 rings (SSSR count). The number of rotatable bonds is 7. The van der Waals surface area contributed by atoms with Crippen molar-refractivity contribution in [3.05, 3.63) is 0 Å². The van der Waals surface area contributed by atoms with Gasteiger partial charge in [0.05, 0.1) is 26.4 Å². The number of aliphatic hydroxyl groups is 6. The molecule has 11 atom stereocenters. The van der Waals surface area contributed by atoms with E-state index in [0.29, 0.717) is 23.9 Å². The van der Waals surface area contributed by atoms with E-state index in [2.05, 4.69) is 13.8 Å². The summed E-state index contributed by atoms with van der Waals surface area (Å²) in [5, 5.41) is 60.2. The second-order valence-corrected chi connectivity index (χ2v) is 10.3. The van der Waals surface area contributed by atoms with Crippen LogP contribution in [0.2, 0.25) is 0 Å². The number of hydrogen-bond donors (Lipinski definition) is 6. The highest BCUT2D eigenvalue weighted by atomic mass is 16.7. The molecule has 31 heavy (non-hydrogen) atoms. The molecular formula is C21H36O10. The zero-order valence-corrected chi connectivity index (χ0v) is 18.0. The van der Waals surface area contributed by atoms with E-state index in [1.54, 1.807) is 0 Å². The Balaban J connectivity index is 1.31. The van der Waals surface area contributed by atoms with E-state index in [9.17, 15) is 30.6 Å². The first-order valence-electron chi connectivity index (χ1n) is 11.1. The molecule has 0 aromatic rings. The van der Waals surface area contributed by atoms with Crippen molar-refractivity contribution in [2.45, 2.75) is 81.8 Å². The van der Waals surface area contributed by atoms with Crippen LogP contribution in [0.15, 0.2) is 0 Å². The smallest absolute Gasteiger partial charge is 0.186 e. The second-order valence-electron chi connectivity index (χ2n) is 10.3. The molecule has 10 nitrogen and oxygen atoms in total. The van der Waals surface area contributed by atoms with Crippen molar-refractivity contribution in [3.63, 3.8) is 0 Å². The highest BCUT2D eigenvalue weighted by Gasteiger charge is 2.55. The van der Waals surface area contributed by atoms with Crippen molar-refractivity contribution in [1.82, 2.24) is 0 Å². The second kappa shape index (κ2) is 8.75. The standard InChI is InChI=1S/C21H36O10/c1-20(2)11-4-3-10(12(20)5-11)6-28-18-16(25)15(24)14(23)13(31-18)7-29-19-17(26)21(27,8-22)9-30-19/h10-19,22-27H,3-9H2,1-2H3/t10-,11-,12+,13-,14-,15+,16-,17+,18-,19-,21-/m1/s1. The summed E-state index contributed by atoms with van der Waals surface area (Å²) in [5.74, 6) is 1.68. The van der Waals surface area contributed by atoms with Gasteiger partial charge in [0.2, 0.25) is 0 Å². The Morgan fingerprint density at radius 1 is 0.935 bits per heavy atom. The van der Waals surface area contributed by atoms with Crippen LogP contribution in [0.4, 0.5) is 0 Å². The third-order valence-electron chi connectivity index (χ3n) is 8.15. The predicted octanol–water partition coefficient (Wildman–Crippen LogP) is -1.66. The quantitative estimate of drug-likeness (QED) is 0.266. The highest BCUT2D eigenvalue weighted by molar-refractivity contribution is 5.03. The van der Waals surface area contributed by atoms with Crippen molar-refractivity contribution >= 4 is 0 Å². The van der Waals surface area contributed by atoms with Crippen molar-refractivity contribution in [2.24, 2.45) is 23.2 Å². The monoisotopic (exact) mass is 448 g/mol. The van der Waals surface area contributed by atoms with Crippen LogP contribution in [0.5, 0.6) is 0 Å². The molecule has 3 aliphatic carbocycles. The molecule has 2 saturated heterocycles. The molecule has 6 N–H and O–H groups in total. The van der Waals surface area contributed by atoms with Gasteiger partial charge in [-0.3, -0.25) is 0 Å². The van der Waals surface area contributed by atoms with Crippen LogP contribution >= 0.6 is 0 Å². The molecule has 2 aliphatic heterocycles. The molecule has 3 saturated carbocycles. The maximum atomic E-state index is 10.3. The Kier molecular flexibility index (Phi) is 6.70. The summed E-state index contributed by atoms with van der Waals surface area (Å²) in [7, 11) is 0. The molecule has 5 aliphatic rings. The lowest BCUT2D eigenvalue weighted by atomic mass is 9.46. The van der Waals surface area contributed by atoms with Gasteiger partial charge in [-0.1, -0.05) is 13.8 Å². The Hall–Kier alpha value is -0.400. The molecule has 2 bridgehead atoms. The first kappa shape index (κ1) is 23.7. The van der Waals surface area contributed by atoms with Crippen LogP contribution in [0.3, 0.4) is 0 Å². The maximum Gasteiger partial charge on any atom is 0.186 e. The van der Waals surface area contributed by atoms with Gasteiger partial charge in [-0.2, -0.15) is 0 Å². The van der Waals surface area contributed by atoms with Gasteiger partial charge in [0.1, 0.15) is 36.1 Å². The van der Waals surface area contributed by atoms with Gasteiger partial charge >= 0.3 is 0 Å². The largest absolute Gasteiger partial charge is 0.393 e. The lowest BCUT2D eigenvalue weighted by molar-refractivity contribution is -0.314. The van der Waals surface area contributed by atoms with Gasteiger partial charge in [0.25, 0.3) is 0 Å². The third-order valence-corrected chi connectivity index (χ3v) is 8.15. The van der Waals surface area contributed by atoms with E-state index in [1.807, 2.05) is 0 Å². The van der Waals surface area contributed by atoms with Crippen molar-refractivity contribution in [2.75, 3.05) is 26.4 Å². The fourth-order valence-corrected chi connectivity index (χ4v) is 5.70. The number of fused-ring (bicyclic) bond motifs is 2. The van der Waals surface area contributed by atoms with E-state index in [4.69, 9.17) is 18.9 Å². The number of ether oxygens (including phenoxy) is 4. The summed E-state index contributed by atoms with van der Waals surface area (Å²) in [4.78, 5) is 0. The summed E-state index contributed by atoms with van der Waals surface area (Å²) in [5.41, 5.74) is -1.53. The summed E-state index contributed by atoms with van der Waals surface area (Å²) in [6.07, 6.45) is -5.82. The molecular weight excluding hydrogens is 412 g/mol. The molecule has 0 aromatic heterocycles. The molecule has 0 radical (unpaired) electrons. The van der Waals surface area contributed by atoms with E-state index in [0.717, 1.165) is 18.8 Å². The minimum atomic E-state index is -1.83. The van der Waals surface area contributed by atoms with Crippen molar-refractivity contribution < 1.29 is 49.6 Å². The number of aliphatic hydroxyl groups excluding tert-OH is 5. The van der Waals surface area contributed by atoms with Crippen LogP contribution in [0, 0.1) is 23.2 Å². The van der Waals surface area contributed by atoms with Gasteiger partial charge in [-0.25, -0.2) is 0 Å². The summed E-state index contributed by atoms with van der Waals surface area (Å²) >= 11 is 0. The first-order chi connectivity index (χ1) is 14.6. The lowest BCUT2D eigenvalue weighted by Crippen LogP contribution is -2.60. The predicted molar refractivity (Wildman–Crippen MR) is 104 cm³/mol. The van der Waals surface area contributed by atoms with Crippen molar-refractivity contribution in [3.8, 4) is 0 Å². The molecule has 2 heterocycles. The average molecular weight is 449 g/mol.